The smallest absolute Gasteiger partial charge is 0.349 e. The molecular formula is C27H26Cl2O5S2. The Balaban J connectivity index is 1.92. The third-order valence-corrected chi connectivity index (χ3v) is 8.99. The number of methoxy groups -OCH3 is 1. The Hall–Kier alpha value is -2.32. The van der Waals surface area contributed by atoms with Crippen LogP contribution in [0.25, 0.3) is 31.3 Å². The Morgan fingerprint density at radius 3 is 2.06 bits per heavy atom. The van der Waals surface area contributed by atoms with Crippen LogP contribution in [-0.2, 0) is 9.47 Å². The molecule has 0 saturated heterocycles. The van der Waals surface area contributed by atoms with Crippen LogP contribution in [-0.4, -0.2) is 32.3 Å². The van der Waals surface area contributed by atoms with Gasteiger partial charge in [-0.2, -0.15) is 0 Å². The highest BCUT2D eigenvalue weighted by atomic mass is 35.5. The zero-order valence-corrected chi connectivity index (χ0v) is 23.4. The zero-order chi connectivity index (χ0) is 25.8. The highest BCUT2D eigenvalue weighted by Gasteiger charge is 2.27. The summed E-state index contributed by atoms with van der Waals surface area (Å²) in [4.78, 5) is 26.8. The van der Waals surface area contributed by atoms with Gasteiger partial charge in [-0.25, -0.2) is 9.59 Å². The lowest BCUT2D eigenvalue weighted by Crippen LogP contribution is -2.06. The third-order valence-electron chi connectivity index (χ3n) is 5.72. The molecule has 0 aliphatic carbocycles. The molecule has 0 fully saturated rings. The monoisotopic (exact) mass is 564 g/mol. The first kappa shape index (κ1) is 26.7. The molecule has 0 bridgehead atoms. The van der Waals surface area contributed by atoms with Gasteiger partial charge in [-0.15, -0.1) is 22.7 Å². The average Bonchev–Trinajstić information content (AvgIpc) is 3.42. The Morgan fingerprint density at radius 1 is 0.833 bits per heavy atom. The number of rotatable bonds is 10. The number of benzene rings is 2. The molecule has 0 amide bonds. The van der Waals surface area contributed by atoms with E-state index in [1.165, 1.54) is 22.7 Å². The quantitative estimate of drug-likeness (QED) is 0.142. The van der Waals surface area contributed by atoms with Gasteiger partial charge in [-0.1, -0.05) is 62.0 Å². The lowest BCUT2D eigenvalue weighted by atomic mass is 10.00. The minimum atomic E-state index is -0.435. The van der Waals surface area contributed by atoms with E-state index in [2.05, 4.69) is 0 Å². The highest BCUT2D eigenvalue weighted by Crippen LogP contribution is 2.49. The number of hydrogen-bond acceptors (Lipinski definition) is 7. The van der Waals surface area contributed by atoms with Crippen molar-refractivity contribution in [2.45, 2.75) is 39.5 Å². The number of halogens is 2. The number of hydrogen-bond donors (Lipinski definition) is 0. The predicted molar refractivity (Wildman–Crippen MR) is 150 cm³/mol. The number of fused-ring (bicyclic) bond motifs is 3. The Bertz CT molecular complexity index is 1420. The van der Waals surface area contributed by atoms with Crippen molar-refractivity contribution in [3.05, 3.63) is 50.1 Å². The van der Waals surface area contributed by atoms with E-state index in [1.54, 1.807) is 25.3 Å². The van der Waals surface area contributed by atoms with E-state index < -0.39 is 11.9 Å². The molecule has 190 valence electrons. The molecular weight excluding hydrogens is 539 g/mol. The van der Waals surface area contributed by atoms with Crippen molar-refractivity contribution in [1.82, 2.24) is 0 Å². The molecule has 0 atom stereocenters. The first-order valence-electron chi connectivity index (χ1n) is 11.8. The molecule has 0 N–H and O–H groups in total. The van der Waals surface area contributed by atoms with E-state index in [9.17, 15) is 9.59 Å². The standard InChI is InChI=1S/C27H26Cl2O5S2/c1-4-6-12-33-26(30)24-20(18-14-15(28)8-11-19(18)32-3)16-9-10-17-21(29)25(27(31)34-13-7-5-2)36-23(17)22(16)35-24/h8-11,14H,4-7,12-13H2,1-3H3. The van der Waals surface area contributed by atoms with Crippen LogP contribution >= 0.6 is 45.9 Å². The van der Waals surface area contributed by atoms with Crippen LogP contribution in [0.2, 0.25) is 10.0 Å². The molecule has 2 heterocycles. The molecule has 2 aromatic heterocycles. The summed E-state index contributed by atoms with van der Waals surface area (Å²) in [7, 11) is 1.58. The first-order chi connectivity index (χ1) is 17.4. The van der Waals surface area contributed by atoms with Crippen LogP contribution in [0.3, 0.4) is 0 Å². The summed E-state index contributed by atoms with van der Waals surface area (Å²) >= 11 is 15.6. The van der Waals surface area contributed by atoms with Gasteiger partial charge in [0.2, 0.25) is 0 Å². The van der Waals surface area contributed by atoms with Gasteiger partial charge in [0, 0.05) is 26.9 Å². The van der Waals surface area contributed by atoms with Crippen molar-refractivity contribution in [3.8, 4) is 16.9 Å². The van der Waals surface area contributed by atoms with E-state index in [-0.39, 0.29) is 0 Å². The van der Waals surface area contributed by atoms with Crippen LogP contribution in [0.5, 0.6) is 5.75 Å². The van der Waals surface area contributed by atoms with E-state index in [0.29, 0.717) is 49.9 Å². The molecule has 2 aromatic carbocycles. The molecule has 0 saturated carbocycles. The van der Waals surface area contributed by atoms with Gasteiger partial charge < -0.3 is 14.2 Å². The van der Waals surface area contributed by atoms with Crippen LogP contribution in [0.1, 0.15) is 58.9 Å². The summed E-state index contributed by atoms with van der Waals surface area (Å²) in [5, 5.41) is 2.46. The lowest BCUT2D eigenvalue weighted by Gasteiger charge is -2.11. The zero-order valence-electron chi connectivity index (χ0n) is 20.2. The largest absolute Gasteiger partial charge is 0.496 e. The number of thiophene rings is 2. The molecule has 36 heavy (non-hydrogen) atoms. The van der Waals surface area contributed by atoms with Crippen molar-refractivity contribution >= 4 is 78.0 Å². The maximum Gasteiger partial charge on any atom is 0.349 e. The van der Waals surface area contributed by atoms with Crippen molar-refractivity contribution in [1.29, 1.82) is 0 Å². The second-order valence-electron chi connectivity index (χ2n) is 8.19. The molecule has 4 rings (SSSR count). The van der Waals surface area contributed by atoms with Gasteiger partial charge in [0.25, 0.3) is 0 Å². The fourth-order valence-corrected chi connectivity index (χ4v) is 6.86. The van der Waals surface area contributed by atoms with Gasteiger partial charge in [-0.05, 0) is 31.0 Å². The van der Waals surface area contributed by atoms with E-state index in [0.717, 1.165) is 45.9 Å². The molecule has 9 heteroatoms. The maximum atomic E-state index is 13.2. The van der Waals surface area contributed by atoms with E-state index in [1.807, 2.05) is 26.0 Å². The molecule has 4 aromatic rings. The summed E-state index contributed by atoms with van der Waals surface area (Å²) in [6, 6.07) is 9.09. The summed E-state index contributed by atoms with van der Waals surface area (Å²) in [6.07, 6.45) is 3.41. The lowest BCUT2D eigenvalue weighted by molar-refractivity contribution is 0.0496. The molecule has 0 unspecified atom stereocenters. The van der Waals surface area contributed by atoms with Crippen molar-refractivity contribution in [2.24, 2.45) is 0 Å². The van der Waals surface area contributed by atoms with Crippen molar-refractivity contribution < 1.29 is 23.8 Å². The number of unbranched alkanes of at least 4 members (excludes halogenated alkanes) is 2. The second-order valence-corrected chi connectivity index (χ2v) is 11.0. The van der Waals surface area contributed by atoms with Gasteiger partial charge in [0.15, 0.2) is 0 Å². The van der Waals surface area contributed by atoms with E-state index in [4.69, 9.17) is 37.4 Å². The first-order valence-corrected chi connectivity index (χ1v) is 14.2. The molecule has 5 nitrogen and oxygen atoms in total. The summed E-state index contributed by atoms with van der Waals surface area (Å²) < 4.78 is 18.3. The Kier molecular flexibility index (Phi) is 8.78. The maximum absolute atomic E-state index is 13.2. The number of carbonyl (C=O) groups is 2. The van der Waals surface area contributed by atoms with Gasteiger partial charge in [0.1, 0.15) is 15.5 Å². The van der Waals surface area contributed by atoms with Gasteiger partial charge >= 0.3 is 11.9 Å². The second kappa shape index (κ2) is 11.8. The van der Waals surface area contributed by atoms with Gasteiger partial charge in [0.05, 0.1) is 34.7 Å². The van der Waals surface area contributed by atoms with Crippen LogP contribution < -0.4 is 4.74 Å². The normalized spacial score (nSPS) is 11.2. The molecule has 0 radical (unpaired) electrons. The SMILES string of the molecule is CCCCOC(=O)c1sc2c(ccc3c(-c4cc(Cl)ccc4OC)c(C(=O)OCCCC)sc32)c1Cl. The van der Waals surface area contributed by atoms with Crippen LogP contribution in [0.15, 0.2) is 30.3 Å². The van der Waals surface area contributed by atoms with Gasteiger partial charge in [-0.3, -0.25) is 0 Å². The Labute approximate surface area is 227 Å². The molecule has 0 aliphatic heterocycles. The van der Waals surface area contributed by atoms with E-state index >= 15 is 0 Å². The van der Waals surface area contributed by atoms with Crippen molar-refractivity contribution in [2.75, 3.05) is 20.3 Å². The minimum absolute atomic E-state index is 0.337. The van der Waals surface area contributed by atoms with Crippen LogP contribution in [0.4, 0.5) is 0 Å². The third kappa shape index (κ3) is 5.21. The topological polar surface area (TPSA) is 61.8 Å². The van der Waals surface area contributed by atoms with Crippen LogP contribution in [0, 0.1) is 0 Å². The van der Waals surface area contributed by atoms with Crippen molar-refractivity contribution in [3.63, 3.8) is 0 Å². The number of ether oxygens (including phenoxy) is 3. The molecule has 0 spiro atoms. The number of carbonyl (C=O) groups excluding carboxylic acids is 2. The fraction of sp³-hybridized carbons (Fsp3) is 0.333. The summed E-state index contributed by atoms with van der Waals surface area (Å²) in [5.74, 6) is -0.252. The fourth-order valence-electron chi connectivity index (χ4n) is 3.85. The highest BCUT2D eigenvalue weighted by molar-refractivity contribution is 7.29. The minimum Gasteiger partial charge on any atom is -0.496 e. The molecule has 0 aliphatic rings. The average molecular weight is 566 g/mol. The predicted octanol–water partition coefficient (Wildman–Crippen LogP) is 9.01. The summed E-state index contributed by atoms with van der Waals surface area (Å²) in [5.41, 5.74) is 1.38. The number of esters is 2. The Morgan fingerprint density at radius 2 is 1.42 bits per heavy atom. The summed E-state index contributed by atoms with van der Waals surface area (Å²) in [6.45, 7) is 4.76.